The van der Waals surface area contributed by atoms with Gasteiger partial charge in [0.2, 0.25) is 0 Å². The van der Waals surface area contributed by atoms with Gasteiger partial charge in [-0.3, -0.25) is 4.79 Å². The molecule has 1 saturated carbocycles. The first-order valence-electron chi connectivity index (χ1n) is 3.01. The lowest BCUT2D eigenvalue weighted by molar-refractivity contribution is -0.131. The smallest absolute Gasteiger partial charge is 0.154 e. The summed E-state index contributed by atoms with van der Waals surface area (Å²) in [5.41, 5.74) is -0.344. The number of hydrogen-bond acceptors (Lipinski definition) is 3. The molecular formula is C6H11NOS. The van der Waals surface area contributed by atoms with Crippen molar-refractivity contribution in [3.63, 3.8) is 0 Å². The Labute approximate surface area is 60.4 Å². The summed E-state index contributed by atoms with van der Waals surface area (Å²) in [6.45, 7) is 1.89. The Hall–Kier alpha value is -0.0200. The molecule has 9 heavy (non-hydrogen) atoms. The van der Waals surface area contributed by atoms with E-state index >= 15 is 0 Å². The van der Waals surface area contributed by atoms with Gasteiger partial charge in [0.25, 0.3) is 0 Å². The van der Waals surface area contributed by atoms with Gasteiger partial charge in [-0.05, 0) is 14.0 Å². The van der Waals surface area contributed by atoms with Crippen LogP contribution in [-0.2, 0) is 4.79 Å². The summed E-state index contributed by atoms with van der Waals surface area (Å²) in [7, 11) is 1.79. The van der Waals surface area contributed by atoms with Crippen molar-refractivity contribution < 1.29 is 4.79 Å². The molecule has 2 atom stereocenters. The number of rotatable bonds is 1. The molecule has 0 saturated heterocycles. The molecule has 3 heteroatoms. The summed E-state index contributed by atoms with van der Waals surface area (Å²) in [5.74, 6) is 0.269. The SMILES string of the molecule is CNC1(C)C(=O)CC1S. The van der Waals surface area contributed by atoms with Crippen LogP contribution in [0.15, 0.2) is 0 Å². The Bertz CT molecular complexity index is 148. The predicted octanol–water partition coefficient (Wildman–Crippen LogP) is 0.236. The lowest BCUT2D eigenvalue weighted by Crippen LogP contribution is -2.63. The van der Waals surface area contributed by atoms with Gasteiger partial charge in [-0.15, -0.1) is 0 Å². The predicted molar refractivity (Wildman–Crippen MR) is 39.9 cm³/mol. The summed E-state index contributed by atoms with van der Waals surface area (Å²) < 4.78 is 0. The Morgan fingerprint density at radius 1 is 1.89 bits per heavy atom. The molecule has 1 N–H and O–H groups in total. The fraction of sp³-hybridized carbons (Fsp3) is 0.833. The molecule has 1 aliphatic rings. The lowest BCUT2D eigenvalue weighted by Gasteiger charge is -2.42. The maximum absolute atomic E-state index is 10.9. The highest BCUT2D eigenvalue weighted by Crippen LogP contribution is 2.31. The fourth-order valence-electron chi connectivity index (χ4n) is 0.953. The van der Waals surface area contributed by atoms with E-state index in [-0.39, 0.29) is 16.6 Å². The van der Waals surface area contributed by atoms with Crippen LogP contribution in [0.2, 0.25) is 0 Å². The summed E-state index contributed by atoms with van der Waals surface area (Å²) in [5, 5.41) is 3.16. The second-order valence-corrected chi connectivity index (χ2v) is 3.22. The third-order valence-electron chi connectivity index (χ3n) is 2.14. The van der Waals surface area contributed by atoms with Crippen LogP contribution in [0.25, 0.3) is 0 Å². The minimum Gasteiger partial charge on any atom is -0.307 e. The number of ketones is 1. The number of carbonyl (C=O) groups excluding carboxylic acids is 1. The molecule has 0 aromatic rings. The zero-order valence-electron chi connectivity index (χ0n) is 5.64. The molecule has 0 amide bonds. The van der Waals surface area contributed by atoms with Crippen LogP contribution < -0.4 is 5.32 Å². The lowest BCUT2D eigenvalue weighted by atomic mass is 9.76. The van der Waals surface area contributed by atoms with Gasteiger partial charge < -0.3 is 5.32 Å². The topological polar surface area (TPSA) is 29.1 Å². The molecule has 1 rings (SSSR count). The highest BCUT2D eigenvalue weighted by molar-refractivity contribution is 7.81. The monoisotopic (exact) mass is 145 g/mol. The molecule has 0 heterocycles. The van der Waals surface area contributed by atoms with Crippen LogP contribution >= 0.6 is 12.6 Å². The van der Waals surface area contributed by atoms with Gasteiger partial charge in [0.15, 0.2) is 5.78 Å². The molecule has 1 fully saturated rings. The zero-order chi connectivity index (χ0) is 7.07. The Morgan fingerprint density at radius 3 is 2.56 bits per heavy atom. The second-order valence-electron chi connectivity index (χ2n) is 2.60. The van der Waals surface area contributed by atoms with E-state index in [1.807, 2.05) is 6.92 Å². The normalized spacial score (nSPS) is 42.6. The van der Waals surface area contributed by atoms with Gasteiger partial charge in [0.05, 0.1) is 5.54 Å². The number of carbonyl (C=O) groups is 1. The molecule has 0 spiro atoms. The molecule has 1 aliphatic carbocycles. The molecule has 2 unspecified atom stereocenters. The molecule has 0 bridgehead atoms. The zero-order valence-corrected chi connectivity index (χ0v) is 6.53. The van der Waals surface area contributed by atoms with Crippen molar-refractivity contribution in [2.75, 3.05) is 7.05 Å². The van der Waals surface area contributed by atoms with E-state index < -0.39 is 0 Å². The van der Waals surface area contributed by atoms with Crippen molar-refractivity contribution in [3.05, 3.63) is 0 Å². The van der Waals surface area contributed by atoms with E-state index in [0.717, 1.165) is 0 Å². The number of hydrogen-bond donors (Lipinski definition) is 2. The van der Waals surface area contributed by atoms with Crippen LogP contribution in [0.4, 0.5) is 0 Å². The number of thiol groups is 1. The van der Waals surface area contributed by atoms with E-state index in [1.54, 1.807) is 7.05 Å². The maximum atomic E-state index is 10.9. The van der Waals surface area contributed by atoms with Gasteiger partial charge in [0, 0.05) is 11.7 Å². The quantitative estimate of drug-likeness (QED) is 0.517. The largest absolute Gasteiger partial charge is 0.307 e. The number of likely N-dealkylation sites (N-methyl/N-ethyl adjacent to an activating group) is 1. The van der Waals surface area contributed by atoms with Gasteiger partial charge in [-0.1, -0.05) is 0 Å². The maximum Gasteiger partial charge on any atom is 0.154 e. The molecule has 0 aromatic heterocycles. The summed E-state index contributed by atoms with van der Waals surface area (Å²) in [6.07, 6.45) is 0.612. The van der Waals surface area contributed by atoms with E-state index in [0.29, 0.717) is 6.42 Å². The van der Waals surface area contributed by atoms with Crippen molar-refractivity contribution in [2.24, 2.45) is 0 Å². The van der Waals surface area contributed by atoms with Crippen LogP contribution in [-0.4, -0.2) is 23.6 Å². The molecular weight excluding hydrogens is 134 g/mol. The minimum atomic E-state index is -0.344. The van der Waals surface area contributed by atoms with Gasteiger partial charge in [-0.25, -0.2) is 0 Å². The summed E-state index contributed by atoms with van der Waals surface area (Å²) in [4.78, 5) is 10.9. The Morgan fingerprint density at radius 2 is 2.44 bits per heavy atom. The van der Waals surface area contributed by atoms with E-state index in [9.17, 15) is 4.79 Å². The van der Waals surface area contributed by atoms with Gasteiger partial charge in [-0.2, -0.15) is 12.6 Å². The van der Waals surface area contributed by atoms with E-state index in [2.05, 4.69) is 17.9 Å². The highest BCUT2D eigenvalue weighted by Gasteiger charge is 2.47. The molecule has 0 radical (unpaired) electrons. The van der Waals surface area contributed by atoms with Crippen molar-refractivity contribution in [3.8, 4) is 0 Å². The third-order valence-corrected chi connectivity index (χ3v) is 2.84. The first-order valence-corrected chi connectivity index (χ1v) is 3.53. The summed E-state index contributed by atoms with van der Waals surface area (Å²) >= 11 is 4.22. The van der Waals surface area contributed by atoms with Crippen LogP contribution in [0, 0.1) is 0 Å². The van der Waals surface area contributed by atoms with Crippen molar-refractivity contribution in [1.82, 2.24) is 5.32 Å². The number of Topliss-reactive ketones (excluding diaryl/α,β-unsaturated/α-hetero) is 1. The highest BCUT2D eigenvalue weighted by atomic mass is 32.1. The van der Waals surface area contributed by atoms with Crippen molar-refractivity contribution in [1.29, 1.82) is 0 Å². The molecule has 2 nitrogen and oxygen atoms in total. The third kappa shape index (κ3) is 0.792. The minimum absolute atomic E-state index is 0.204. The van der Waals surface area contributed by atoms with Crippen LogP contribution in [0.3, 0.4) is 0 Å². The standard InChI is InChI=1S/C6H11NOS/c1-6(7-2)4(8)3-5(6)9/h5,7,9H,3H2,1-2H3. The molecule has 52 valence electrons. The van der Waals surface area contributed by atoms with Crippen LogP contribution in [0.1, 0.15) is 13.3 Å². The van der Waals surface area contributed by atoms with Crippen LogP contribution in [0.5, 0.6) is 0 Å². The average Bonchev–Trinajstić information content (AvgIpc) is 1.87. The molecule has 0 aliphatic heterocycles. The number of nitrogens with one attached hydrogen (secondary N) is 1. The average molecular weight is 145 g/mol. The fourth-order valence-corrected chi connectivity index (χ4v) is 1.39. The van der Waals surface area contributed by atoms with Crippen molar-refractivity contribution in [2.45, 2.75) is 24.1 Å². The van der Waals surface area contributed by atoms with Gasteiger partial charge in [0.1, 0.15) is 0 Å². The second kappa shape index (κ2) is 1.99. The Balaban J connectivity index is 2.66. The van der Waals surface area contributed by atoms with Crippen molar-refractivity contribution >= 4 is 18.4 Å². The van der Waals surface area contributed by atoms with E-state index in [4.69, 9.17) is 0 Å². The first kappa shape index (κ1) is 7.09. The molecule has 0 aromatic carbocycles. The summed E-state index contributed by atoms with van der Waals surface area (Å²) in [6, 6.07) is 0. The Kier molecular flexibility index (Phi) is 1.57. The van der Waals surface area contributed by atoms with E-state index in [1.165, 1.54) is 0 Å². The first-order chi connectivity index (χ1) is 4.11. The van der Waals surface area contributed by atoms with Gasteiger partial charge >= 0.3 is 0 Å².